The maximum absolute atomic E-state index is 13.9. The molecule has 1 aliphatic rings. The van der Waals surface area contributed by atoms with Crippen molar-refractivity contribution >= 4 is 34.8 Å². The van der Waals surface area contributed by atoms with E-state index in [4.69, 9.17) is 16.3 Å². The molecule has 1 heterocycles. The summed E-state index contributed by atoms with van der Waals surface area (Å²) in [7, 11) is 1.99. The maximum atomic E-state index is 13.9. The molecule has 3 rings (SSSR count). The van der Waals surface area contributed by atoms with Crippen molar-refractivity contribution < 1.29 is 27.5 Å². The summed E-state index contributed by atoms with van der Waals surface area (Å²) in [6.07, 6.45) is -2.85. The highest BCUT2D eigenvalue weighted by atomic mass is 35.5. The smallest absolute Gasteiger partial charge is 0.416 e. The average molecular weight is 555 g/mol. The Morgan fingerprint density at radius 2 is 1.76 bits per heavy atom. The summed E-state index contributed by atoms with van der Waals surface area (Å²) < 4.78 is 47.5. The van der Waals surface area contributed by atoms with Gasteiger partial charge in [-0.2, -0.15) is 13.2 Å². The van der Waals surface area contributed by atoms with E-state index in [1.165, 1.54) is 24.3 Å². The van der Waals surface area contributed by atoms with E-state index < -0.39 is 17.6 Å². The highest BCUT2D eigenvalue weighted by molar-refractivity contribution is 6.17. The Morgan fingerprint density at radius 3 is 2.42 bits per heavy atom. The number of amides is 2. The summed E-state index contributed by atoms with van der Waals surface area (Å²) in [5, 5.41) is 5.27. The summed E-state index contributed by atoms with van der Waals surface area (Å²) in [6.45, 7) is 5.24. The number of alkyl halides is 4. The van der Waals surface area contributed by atoms with Gasteiger partial charge in [0.1, 0.15) is 5.75 Å². The van der Waals surface area contributed by atoms with Crippen LogP contribution in [0.2, 0.25) is 0 Å². The summed E-state index contributed by atoms with van der Waals surface area (Å²) in [4.78, 5) is 29.1. The van der Waals surface area contributed by atoms with Gasteiger partial charge >= 0.3 is 6.18 Å². The number of hydrogen-bond acceptors (Lipinski definition) is 5. The fourth-order valence-corrected chi connectivity index (χ4v) is 4.21. The molecule has 1 fully saturated rings. The third-order valence-corrected chi connectivity index (χ3v) is 6.55. The number of ether oxygens (including phenoxy) is 1. The number of halogens is 4. The molecule has 2 aromatic rings. The molecule has 0 atom stereocenters. The Kier molecular flexibility index (Phi) is 10.8. The zero-order chi connectivity index (χ0) is 27.7. The molecule has 0 bridgehead atoms. The molecule has 11 heteroatoms. The Hall–Kier alpha value is -2.82. The van der Waals surface area contributed by atoms with Crippen molar-refractivity contribution in [3.63, 3.8) is 0 Å². The predicted octanol–water partition coefficient (Wildman–Crippen LogP) is 5.45. The summed E-state index contributed by atoms with van der Waals surface area (Å²) in [5.74, 6) is 0.0319. The van der Waals surface area contributed by atoms with Crippen LogP contribution < -0.4 is 15.4 Å². The van der Waals surface area contributed by atoms with Gasteiger partial charge in [-0.25, -0.2) is 0 Å². The molecule has 0 spiro atoms. The molecule has 38 heavy (non-hydrogen) atoms. The number of carbonyl (C=O) groups is 2. The van der Waals surface area contributed by atoms with E-state index >= 15 is 0 Å². The van der Waals surface area contributed by atoms with E-state index in [0.29, 0.717) is 37.0 Å². The van der Waals surface area contributed by atoms with Crippen molar-refractivity contribution in [2.75, 3.05) is 56.3 Å². The lowest BCUT2D eigenvalue weighted by Crippen LogP contribution is -2.44. The average Bonchev–Trinajstić information content (AvgIpc) is 2.88. The van der Waals surface area contributed by atoms with Crippen LogP contribution in [-0.4, -0.2) is 67.3 Å². The Morgan fingerprint density at radius 1 is 1.03 bits per heavy atom. The second-order valence-electron chi connectivity index (χ2n) is 9.26. The lowest BCUT2D eigenvalue weighted by molar-refractivity contribution is -0.138. The molecular weight excluding hydrogens is 521 g/mol. The van der Waals surface area contributed by atoms with Crippen LogP contribution in [0.5, 0.6) is 5.75 Å². The topological polar surface area (TPSA) is 73.9 Å². The number of benzene rings is 2. The quantitative estimate of drug-likeness (QED) is 0.285. The predicted molar refractivity (Wildman–Crippen MR) is 143 cm³/mol. The number of piperazine rings is 1. The van der Waals surface area contributed by atoms with Crippen LogP contribution in [0.1, 0.15) is 47.7 Å². The SMILES string of the molecule is CCC(=O)Nc1cc(C(=O)Nc2ccc(CN3CCN(C)CC3)c(C(F)(F)F)c2)ccc1OCCCCCl. The van der Waals surface area contributed by atoms with Crippen molar-refractivity contribution in [2.45, 2.75) is 38.9 Å². The van der Waals surface area contributed by atoms with Crippen LogP contribution in [0.15, 0.2) is 36.4 Å². The van der Waals surface area contributed by atoms with Gasteiger partial charge in [-0.1, -0.05) is 13.0 Å². The third kappa shape index (κ3) is 8.61. The van der Waals surface area contributed by atoms with Gasteiger partial charge < -0.3 is 20.3 Å². The van der Waals surface area contributed by atoms with Crippen molar-refractivity contribution in [3.8, 4) is 5.75 Å². The molecule has 7 nitrogen and oxygen atoms in total. The van der Waals surface area contributed by atoms with Crippen molar-refractivity contribution in [2.24, 2.45) is 0 Å². The first kappa shape index (κ1) is 29.7. The molecule has 208 valence electrons. The van der Waals surface area contributed by atoms with E-state index in [9.17, 15) is 22.8 Å². The standard InChI is InChI=1S/C27H34ClF3N4O3/c1-3-25(36)33-23-16-19(7-9-24(23)38-15-5-4-10-28)26(37)32-21-8-6-20(22(17-21)27(29,30)31)18-35-13-11-34(2)12-14-35/h6-9,16-17H,3-5,10-15,18H2,1-2H3,(H,32,37)(H,33,36). The minimum atomic E-state index is -4.57. The van der Waals surface area contributed by atoms with Crippen LogP contribution in [0, 0.1) is 0 Å². The highest BCUT2D eigenvalue weighted by Crippen LogP contribution is 2.35. The first-order chi connectivity index (χ1) is 18.1. The minimum Gasteiger partial charge on any atom is -0.491 e. The number of anilines is 2. The number of rotatable bonds is 11. The Bertz CT molecular complexity index is 1110. The molecular formula is C27H34ClF3N4O3. The van der Waals surface area contributed by atoms with Gasteiger partial charge in [0.2, 0.25) is 5.91 Å². The first-order valence-corrected chi connectivity index (χ1v) is 13.2. The van der Waals surface area contributed by atoms with Gasteiger partial charge in [0.05, 0.1) is 17.9 Å². The molecule has 1 saturated heterocycles. The minimum absolute atomic E-state index is 0.0324. The largest absolute Gasteiger partial charge is 0.491 e. The molecule has 2 N–H and O–H groups in total. The van der Waals surface area contributed by atoms with Crippen LogP contribution in [0.25, 0.3) is 0 Å². The lowest BCUT2D eigenvalue weighted by atomic mass is 10.0. The van der Waals surface area contributed by atoms with E-state index in [1.54, 1.807) is 13.0 Å². The number of hydrogen-bond donors (Lipinski definition) is 2. The molecule has 0 aliphatic carbocycles. The summed E-state index contributed by atoms with van der Waals surface area (Å²) in [5.41, 5.74) is -0.0930. The van der Waals surface area contributed by atoms with E-state index in [0.717, 1.165) is 32.0 Å². The van der Waals surface area contributed by atoms with Crippen LogP contribution in [0.4, 0.5) is 24.5 Å². The number of nitrogens with zero attached hydrogens (tertiary/aromatic N) is 2. The number of likely N-dealkylation sites (N-methyl/N-ethyl adjacent to an activating group) is 1. The molecule has 0 aromatic heterocycles. The van der Waals surface area contributed by atoms with Gasteiger partial charge in [0.15, 0.2) is 0 Å². The molecule has 2 aromatic carbocycles. The highest BCUT2D eigenvalue weighted by Gasteiger charge is 2.34. The first-order valence-electron chi connectivity index (χ1n) is 12.7. The van der Waals surface area contributed by atoms with Gasteiger partial charge in [-0.3, -0.25) is 14.5 Å². The molecule has 1 aliphatic heterocycles. The van der Waals surface area contributed by atoms with Crippen molar-refractivity contribution in [1.82, 2.24) is 9.80 Å². The van der Waals surface area contributed by atoms with E-state index in [-0.39, 0.29) is 35.7 Å². The Balaban J connectivity index is 1.78. The second kappa shape index (κ2) is 13.8. The molecule has 0 unspecified atom stereocenters. The Labute approximate surface area is 226 Å². The molecule has 2 amide bonds. The lowest BCUT2D eigenvalue weighted by Gasteiger charge is -2.33. The van der Waals surface area contributed by atoms with Crippen LogP contribution >= 0.6 is 11.6 Å². The van der Waals surface area contributed by atoms with Gasteiger partial charge in [-0.15, -0.1) is 11.6 Å². The fourth-order valence-electron chi connectivity index (χ4n) is 4.02. The third-order valence-electron chi connectivity index (χ3n) is 6.29. The molecule has 0 radical (unpaired) electrons. The van der Waals surface area contributed by atoms with Gasteiger partial charge in [0, 0.05) is 56.3 Å². The van der Waals surface area contributed by atoms with Gasteiger partial charge in [0.25, 0.3) is 5.91 Å². The number of unbranched alkanes of at least 4 members (excludes halogenated alkanes) is 1. The van der Waals surface area contributed by atoms with Crippen molar-refractivity contribution in [3.05, 3.63) is 53.1 Å². The zero-order valence-corrected chi connectivity index (χ0v) is 22.4. The van der Waals surface area contributed by atoms with Crippen molar-refractivity contribution in [1.29, 1.82) is 0 Å². The van der Waals surface area contributed by atoms with E-state index in [1.807, 2.05) is 11.9 Å². The summed E-state index contributed by atoms with van der Waals surface area (Å²) in [6, 6.07) is 8.37. The monoisotopic (exact) mass is 554 g/mol. The van der Waals surface area contributed by atoms with Crippen LogP contribution in [-0.2, 0) is 17.5 Å². The number of carbonyl (C=O) groups excluding carboxylic acids is 2. The second-order valence-corrected chi connectivity index (χ2v) is 9.64. The number of nitrogens with one attached hydrogen (secondary N) is 2. The van der Waals surface area contributed by atoms with Gasteiger partial charge in [-0.05, 0) is 55.8 Å². The maximum Gasteiger partial charge on any atom is 0.416 e. The van der Waals surface area contributed by atoms with Crippen LogP contribution in [0.3, 0.4) is 0 Å². The normalized spacial score (nSPS) is 14.8. The van der Waals surface area contributed by atoms with E-state index in [2.05, 4.69) is 15.5 Å². The fraction of sp³-hybridized carbons (Fsp3) is 0.481. The zero-order valence-electron chi connectivity index (χ0n) is 21.7. The summed E-state index contributed by atoms with van der Waals surface area (Å²) >= 11 is 5.69. The molecule has 0 saturated carbocycles.